The van der Waals surface area contributed by atoms with Gasteiger partial charge < -0.3 is 15.4 Å². The van der Waals surface area contributed by atoms with E-state index >= 15 is 0 Å². The molecule has 0 spiro atoms. The Balaban J connectivity index is 1.48. The summed E-state index contributed by atoms with van der Waals surface area (Å²) in [5.41, 5.74) is 3.40. The zero-order valence-corrected chi connectivity index (χ0v) is 20.1. The van der Waals surface area contributed by atoms with Crippen LogP contribution in [-0.4, -0.2) is 30.1 Å². The van der Waals surface area contributed by atoms with Crippen molar-refractivity contribution < 1.29 is 19.1 Å². The fourth-order valence-electron chi connectivity index (χ4n) is 3.00. The first-order valence-corrected chi connectivity index (χ1v) is 12.1. The summed E-state index contributed by atoms with van der Waals surface area (Å²) in [6.45, 7) is 4.41. The highest BCUT2D eigenvalue weighted by Crippen LogP contribution is 2.22. The molecule has 0 saturated heterocycles. The lowest BCUT2D eigenvalue weighted by Gasteiger charge is -2.09. The monoisotopic (exact) mass is 476 g/mol. The molecule has 0 aliphatic heterocycles. The normalized spacial score (nSPS) is 10.4. The number of hydrogen-bond acceptors (Lipinski definition) is 5. The summed E-state index contributed by atoms with van der Waals surface area (Å²) >= 11 is 1.37. The summed E-state index contributed by atoms with van der Waals surface area (Å²) in [5.74, 6) is -0.512. The van der Waals surface area contributed by atoms with Crippen molar-refractivity contribution in [1.82, 2.24) is 0 Å². The summed E-state index contributed by atoms with van der Waals surface area (Å²) in [6.07, 6.45) is 1.79. The molecule has 6 nitrogen and oxygen atoms in total. The molecule has 34 heavy (non-hydrogen) atoms. The third-order valence-electron chi connectivity index (χ3n) is 4.91. The number of unbranched alkanes of at least 4 members (excludes halogenated alkanes) is 1. The van der Waals surface area contributed by atoms with Crippen LogP contribution in [0.25, 0.3) is 0 Å². The number of carbonyl (C=O) groups is 3. The van der Waals surface area contributed by atoms with Gasteiger partial charge in [0.05, 0.1) is 17.9 Å². The van der Waals surface area contributed by atoms with Gasteiger partial charge in [0, 0.05) is 21.8 Å². The highest BCUT2D eigenvalue weighted by atomic mass is 32.2. The molecule has 0 aromatic heterocycles. The second kappa shape index (κ2) is 12.6. The predicted octanol–water partition coefficient (Wildman–Crippen LogP) is 5.94. The van der Waals surface area contributed by atoms with E-state index in [-0.39, 0.29) is 23.5 Å². The number of esters is 1. The molecule has 0 heterocycles. The van der Waals surface area contributed by atoms with Crippen LogP contribution in [0, 0.1) is 6.92 Å². The van der Waals surface area contributed by atoms with Crippen molar-refractivity contribution in [3.63, 3.8) is 0 Å². The molecule has 0 bridgehead atoms. The van der Waals surface area contributed by atoms with Crippen LogP contribution < -0.4 is 10.6 Å². The van der Waals surface area contributed by atoms with E-state index in [0.29, 0.717) is 29.1 Å². The molecule has 3 aromatic rings. The lowest BCUT2D eigenvalue weighted by molar-refractivity contribution is -0.113. The largest absolute Gasteiger partial charge is 0.462 e. The zero-order chi connectivity index (χ0) is 24.3. The first-order chi connectivity index (χ1) is 16.4. The molecule has 7 heteroatoms. The Labute approximate surface area is 204 Å². The van der Waals surface area contributed by atoms with E-state index in [1.165, 1.54) is 11.8 Å². The van der Waals surface area contributed by atoms with Crippen LogP contribution >= 0.6 is 11.8 Å². The molecule has 3 aromatic carbocycles. The van der Waals surface area contributed by atoms with Crippen molar-refractivity contribution in [1.29, 1.82) is 0 Å². The Hall–Kier alpha value is -3.58. The maximum Gasteiger partial charge on any atom is 0.338 e. The third kappa shape index (κ3) is 7.78. The number of anilines is 2. The molecule has 0 atom stereocenters. The van der Waals surface area contributed by atoms with Gasteiger partial charge in [-0.1, -0.05) is 37.1 Å². The summed E-state index contributed by atoms with van der Waals surface area (Å²) in [6, 6.07) is 21.4. The number of nitrogens with one attached hydrogen (secondary N) is 2. The van der Waals surface area contributed by atoms with Gasteiger partial charge in [0.2, 0.25) is 5.91 Å². The lowest BCUT2D eigenvalue weighted by atomic mass is 10.1. The molecule has 0 saturated carbocycles. The SMILES string of the molecule is CCCCOC(=O)c1ccc(NC(=O)CSc2cccc(NC(=O)c3ccc(C)cc3)c2)cc1. The number of benzene rings is 3. The fourth-order valence-corrected chi connectivity index (χ4v) is 3.75. The first kappa shape index (κ1) is 25.1. The Bertz CT molecular complexity index is 1130. The summed E-state index contributed by atoms with van der Waals surface area (Å²) in [7, 11) is 0. The van der Waals surface area contributed by atoms with Crippen molar-refractivity contribution in [3.05, 3.63) is 89.5 Å². The Morgan fingerprint density at radius 3 is 2.26 bits per heavy atom. The van der Waals surface area contributed by atoms with Crippen molar-refractivity contribution in [2.45, 2.75) is 31.6 Å². The Morgan fingerprint density at radius 1 is 0.853 bits per heavy atom. The van der Waals surface area contributed by atoms with Crippen LogP contribution in [0.3, 0.4) is 0 Å². The molecule has 2 N–H and O–H groups in total. The van der Waals surface area contributed by atoms with E-state index in [4.69, 9.17) is 4.74 Å². The Morgan fingerprint density at radius 2 is 1.56 bits per heavy atom. The molecule has 2 amide bonds. The Kier molecular flexibility index (Phi) is 9.29. The van der Waals surface area contributed by atoms with Crippen molar-refractivity contribution in [3.8, 4) is 0 Å². The number of hydrogen-bond donors (Lipinski definition) is 2. The van der Waals surface area contributed by atoms with Gasteiger partial charge in [-0.25, -0.2) is 4.79 Å². The molecule has 3 rings (SSSR count). The van der Waals surface area contributed by atoms with E-state index in [0.717, 1.165) is 23.3 Å². The third-order valence-corrected chi connectivity index (χ3v) is 5.90. The second-order valence-corrected chi connectivity index (χ2v) is 8.80. The average Bonchev–Trinajstić information content (AvgIpc) is 2.84. The van der Waals surface area contributed by atoms with Crippen LogP contribution in [0.2, 0.25) is 0 Å². The van der Waals surface area contributed by atoms with Gasteiger partial charge in [0.1, 0.15) is 0 Å². The van der Waals surface area contributed by atoms with Crippen molar-refractivity contribution in [2.24, 2.45) is 0 Å². The first-order valence-electron chi connectivity index (χ1n) is 11.1. The topological polar surface area (TPSA) is 84.5 Å². The van der Waals surface area contributed by atoms with Gasteiger partial charge in [-0.15, -0.1) is 11.8 Å². The smallest absolute Gasteiger partial charge is 0.338 e. The van der Waals surface area contributed by atoms with Crippen LogP contribution in [-0.2, 0) is 9.53 Å². The van der Waals surface area contributed by atoms with Gasteiger partial charge in [0.15, 0.2) is 0 Å². The van der Waals surface area contributed by atoms with E-state index < -0.39 is 0 Å². The second-order valence-electron chi connectivity index (χ2n) is 7.75. The summed E-state index contributed by atoms with van der Waals surface area (Å²) in [5, 5.41) is 5.71. The molecule has 176 valence electrons. The van der Waals surface area contributed by atoms with Crippen LogP contribution in [0.5, 0.6) is 0 Å². The molecule has 0 aliphatic rings. The van der Waals surface area contributed by atoms with E-state index in [2.05, 4.69) is 10.6 Å². The van der Waals surface area contributed by atoms with Crippen molar-refractivity contribution >= 4 is 40.9 Å². The van der Waals surface area contributed by atoms with Crippen LogP contribution in [0.1, 0.15) is 46.0 Å². The molecule has 0 fully saturated rings. The average molecular weight is 477 g/mol. The minimum absolute atomic E-state index is 0.169. The van der Waals surface area contributed by atoms with E-state index in [9.17, 15) is 14.4 Å². The highest BCUT2D eigenvalue weighted by Gasteiger charge is 2.10. The van der Waals surface area contributed by atoms with E-state index in [1.807, 2.05) is 50.2 Å². The van der Waals surface area contributed by atoms with Gasteiger partial charge in [-0.2, -0.15) is 0 Å². The predicted molar refractivity (Wildman–Crippen MR) is 137 cm³/mol. The molecular formula is C27H28N2O4S. The zero-order valence-electron chi connectivity index (χ0n) is 19.3. The number of aryl methyl sites for hydroxylation is 1. The number of amides is 2. The molecule has 0 unspecified atom stereocenters. The van der Waals surface area contributed by atoms with Gasteiger partial charge in [-0.05, 0) is 67.9 Å². The highest BCUT2D eigenvalue weighted by molar-refractivity contribution is 8.00. The van der Waals surface area contributed by atoms with Gasteiger partial charge >= 0.3 is 5.97 Å². The summed E-state index contributed by atoms with van der Waals surface area (Å²) in [4.78, 5) is 37.6. The standard InChI is InChI=1S/C27H28N2O4S/c1-3-4-16-33-27(32)21-12-14-22(15-13-21)28-25(30)18-34-24-7-5-6-23(17-24)29-26(31)20-10-8-19(2)9-11-20/h5-15,17H,3-4,16,18H2,1-2H3,(H,28,30)(H,29,31). The van der Waals surface area contributed by atoms with Crippen LogP contribution in [0.15, 0.2) is 77.7 Å². The number of rotatable bonds is 10. The van der Waals surface area contributed by atoms with Crippen LogP contribution in [0.4, 0.5) is 11.4 Å². The van der Waals surface area contributed by atoms with Gasteiger partial charge in [0.25, 0.3) is 5.91 Å². The van der Waals surface area contributed by atoms with E-state index in [1.54, 1.807) is 36.4 Å². The maximum atomic E-state index is 12.4. The van der Waals surface area contributed by atoms with Gasteiger partial charge in [-0.3, -0.25) is 9.59 Å². The molecular weight excluding hydrogens is 448 g/mol. The minimum Gasteiger partial charge on any atom is -0.462 e. The maximum absolute atomic E-state index is 12.4. The molecule has 0 aliphatic carbocycles. The minimum atomic E-state index is -0.365. The number of ether oxygens (including phenoxy) is 1. The lowest BCUT2D eigenvalue weighted by Crippen LogP contribution is -2.14. The fraction of sp³-hybridized carbons (Fsp3) is 0.222. The molecule has 0 radical (unpaired) electrons. The van der Waals surface area contributed by atoms with Crippen molar-refractivity contribution in [2.75, 3.05) is 23.0 Å². The number of carbonyl (C=O) groups excluding carboxylic acids is 3. The quantitative estimate of drug-likeness (QED) is 0.215. The summed E-state index contributed by atoms with van der Waals surface area (Å²) < 4.78 is 5.18. The number of thioether (sulfide) groups is 1.